The van der Waals surface area contributed by atoms with Crippen molar-refractivity contribution in [3.63, 3.8) is 0 Å². The summed E-state index contributed by atoms with van der Waals surface area (Å²) in [5.74, 6) is 3.79. The maximum absolute atomic E-state index is 13.9. The standard InChI is InChI=1S/C33H53NO8/c1-16-4-7-27-33(3,40)22-6-5-18-19(21(22)14-34(27)13-16)11-23-20(18)12-25(36)24-10-17(8-9-32(23,24)2)41-31-30(39)29(38)28(37)26(15-35)42-31/h16-24,26-31,35,37-40H,4-15H2,1-3H3/t16-,17-,18-,19+,20+,21-,22+,23+,24+,26+,27-,28+,29-,30+,31+,32+,33-/m0/s1. The SMILES string of the molecule is C[C@H]1CC[C@@H]2N(C1)C[C@H]1[C@@H]3C[C@@H]4[C@H](CC(=O)[C@H]5C[C@@H](O[C@@H]6O[C@H](CO)[C@@H](O)[C@H](O)[C@H]6O)CC[C@@]54C)[C@H]3CC[C@H]1[C@]2(C)O. The van der Waals surface area contributed by atoms with Crippen molar-refractivity contribution in [2.75, 3.05) is 19.7 Å². The quantitative estimate of drug-likeness (QED) is 0.310. The number of Topliss-reactive ketones (excluding diaryl/α,β-unsaturated/α-hetero) is 1. The minimum atomic E-state index is -1.47. The summed E-state index contributed by atoms with van der Waals surface area (Å²) in [5.41, 5.74) is -0.745. The number of carbonyl (C=O) groups excluding carboxylic acids is 1. The second-order valence-corrected chi connectivity index (χ2v) is 16.0. The van der Waals surface area contributed by atoms with Crippen LogP contribution in [0.15, 0.2) is 0 Å². The van der Waals surface area contributed by atoms with Gasteiger partial charge in [0.05, 0.1) is 18.3 Å². The highest BCUT2D eigenvalue weighted by atomic mass is 16.7. The number of aliphatic hydroxyl groups is 5. The molecule has 0 bridgehead atoms. The van der Waals surface area contributed by atoms with Crippen molar-refractivity contribution in [3.8, 4) is 0 Å². The van der Waals surface area contributed by atoms with Gasteiger partial charge in [0.15, 0.2) is 6.29 Å². The van der Waals surface area contributed by atoms with Gasteiger partial charge >= 0.3 is 0 Å². The minimum Gasteiger partial charge on any atom is -0.394 e. The molecule has 238 valence electrons. The predicted molar refractivity (Wildman–Crippen MR) is 153 cm³/mol. The molecule has 0 unspecified atom stereocenters. The van der Waals surface area contributed by atoms with Gasteiger partial charge in [0, 0.05) is 31.5 Å². The molecule has 3 heterocycles. The second kappa shape index (κ2) is 10.7. The number of piperidine rings is 2. The number of aliphatic hydroxyl groups excluding tert-OH is 4. The third kappa shape index (κ3) is 4.50. The number of hydrogen-bond acceptors (Lipinski definition) is 9. The first-order chi connectivity index (χ1) is 19.9. The van der Waals surface area contributed by atoms with Crippen LogP contribution in [0.2, 0.25) is 0 Å². The summed E-state index contributed by atoms with van der Waals surface area (Å²) < 4.78 is 11.8. The maximum atomic E-state index is 13.9. The Hall–Kier alpha value is -0.650. The molecule has 4 aliphatic carbocycles. The summed E-state index contributed by atoms with van der Waals surface area (Å²) in [4.78, 5) is 16.5. The van der Waals surface area contributed by atoms with Crippen molar-refractivity contribution in [2.45, 2.75) is 127 Å². The van der Waals surface area contributed by atoms with Gasteiger partial charge in [-0.15, -0.1) is 0 Å². The van der Waals surface area contributed by atoms with Gasteiger partial charge in [0.2, 0.25) is 0 Å². The van der Waals surface area contributed by atoms with E-state index in [1.165, 1.54) is 6.42 Å². The van der Waals surface area contributed by atoms with Crippen LogP contribution >= 0.6 is 0 Å². The zero-order valence-corrected chi connectivity index (χ0v) is 25.6. The Morgan fingerprint density at radius 3 is 2.45 bits per heavy atom. The summed E-state index contributed by atoms with van der Waals surface area (Å²) in [5, 5.41) is 52.4. The Morgan fingerprint density at radius 2 is 1.69 bits per heavy atom. The van der Waals surface area contributed by atoms with Gasteiger partial charge < -0.3 is 35.0 Å². The normalized spacial score (nSPS) is 57.9. The van der Waals surface area contributed by atoms with E-state index < -0.39 is 42.9 Å². The van der Waals surface area contributed by atoms with E-state index in [-0.39, 0.29) is 23.5 Å². The number of fused-ring (bicyclic) bond motifs is 8. The fourth-order valence-corrected chi connectivity index (χ4v) is 11.8. The van der Waals surface area contributed by atoms with Crippen LogP contribution in [-0.4, -0.2) is 104 Å². The number of carbonyl (C=O) groups is 1. The number of ketones is 1. The highest BCUT2D eigenvalue weighted by molar-refractivity contribution is 5.83. The Balaban J connectivity index is 1.07. The van der Waals surface area contributed by atoms with E-state index >= 15 is 0 Å². The van der Waals surface area contributed by atoms with E-state index in [2.05, 4.69) is 25.7 Å². The number of nitrogens with zero attached hydrogens (tertiary/aromatic N) is 1. The molecule has 3 aliphatic heterocycles. The zero-order valence-electron chi connectivity index (χ0n) is 25.6. The van der Waals surface area contributed by atoms with Gasteiger partial charge in [0.1, 0.15) is 30.2 Å². The molecule has 7 aliphatic rings. The molecule has 42 heavy (non-hydrogen) atoms. The lowest BCUT2D eigenvalue weighted by Gasteiger charge is -2.59. The first-order valence-corrected chi connectivity index (χ1v) is 16.9. The van der Waals surface area contributed by atoms with Crippen molar-refractivity contribution in [1.29, 1.82) is 0 Å². The van der Waals surface area contributed by atoms with E-state index in [0.717, 1.165) is 51.6 Å². The second-order valence-electron chi connectivity index (χ2n) is 16.0. The zero-order chi connectivity index (χ0) is 29.7. The Labute approximate surface area is 249 Å². The highest BCUT2D eigenvalue weighted by Gasteiger charge is 2.64. The first kappa shape index (κ1) is 30.0. The van der Waals surface area contributed by atoms with Crippen molar-refractivity contribution in [3.05, 3.63) is 0 Å². The summed E-state index contributed by atoms with van der Waals surface area (Å²) in [6.45, 7) is 8.49. The van der Waals surface area contributed by atoms with Gasteiger partial charge in [-0.3, -0.25) is 9.69 Å². The Morgan fingerprint density at radius 1 is 0.905 bits per heavy atom. The molecule has 0 aromatic carbocycles. The maximum Gasteiger partial charge on any atom is 0.186 e. The van der Waals surface area contributed by atoms with Crippen LogP contribution < -0.4 is 0 Å². The van der Waals surface area contributed by atoms with Crippen molar-refractivity contribution in [2.24, 2.45) is 52.8 Å². The topological polar surface area (TPSA) is 140 Å². The fraction of sp³-hybridized carbons (Fsp3) is 0.970. The Kier molecular flexibility index (Phi) is 7.66. The first-order valence-electron chi connectivity index (χ1n) is 16.9. The lowest BCUT2D eigenvalue weighted by Crippen LogP contribution is -2.67. The van der Waals surface area contributed by atoms with Crippen LogP contribution in [0.25, 0.3) is 0 Å². The molecule has 7 fully saturated rings. The van der Waals surface area contributed by atoms with Crippen LogP contribution in [0.5, 0.6) is 0 Å². The van der Waals surface area contributed by atoms with Gasteiger partial charge in [-0.25, -0.2) is 0 Å². The monoisotopic (exact) mass is 591 g/mol. The van der Waals surface area contributed by atoms with Crippen molar-refractivity contribution in [1.82, 2.24) is 4.90 Å². The molecule has 9 nitrogen and oxygen atoms in total. The van der Waals surface area contributed by atoms with E-state index in [0.29, 0.717) is 60.1 Å². The fourth-order valence-electron chi connectivity index (χ4n) is 11.8. The largest absolute Gasteiger partial charge is 0.394 e. The number of rotatable bonds is 3. The van der Waals surface area contributed by atoms with Crippen LogP contribution in [0.3, 0.4) is 0 Å². The molecule has 0 aromatic rings. The van der Waals surface area contributed by atoms with E-state index in [9.17, 15) is 30.3 Å². The summed E-state index contributed by atoms with van der Waals surface area (Å²) in [6, 6.07) is 0.276. The minimum absolute atomic E-state index is 0.0958. The highest BCUT2D eigenvalue weighted by Crippen LogP contribution is 2.66. The predicted octanol–water partition coefficient (Wildman–Crippen LogP) is 1.71. The van der Waals surface area contributed by atoms with Gasteiger partial charge in [-0.05, 0) is 105 Å². The molecular weight excluding hydrogens is 538 g/mol. The molecule has 3 saturated heterocycles. The third-order valence-electron chi connectivity index (χ3n) is 14.0. The van der Waals surface area contributed by atoms with E-state index in [1.54, 1.807) is 0 Å². The van der Waals surface area contributed by atoms with Gasteiger partial charge in [0.25, 0.3) is 0 Å². The smallest absolute Gasteiger partial charge is 0.186 e. The Bertz CT molecular complexity index is 1040. The molecule has 5 N–H and O–H groups in total. The van der Waals surface area contributed by atoms with Gasteiger partial charge in [-0.2, -0.15) is 0 Å². The molecule has 0 spiro atoms. The molecule has 0 radical (unpaired) electrons. The molecule has 4 saturated carbocycles. The lowest BCUT2D eigenvalue weighted by molar-refractivity contribution is -0.315. The van der Waals surface area contributed by atoms with Crippen LogP contribution in [0.1, 0.15) is 78.6 Å². The van der Waals surface area contributed by atoms with E-state index in [1.807, 2.05) is 0 Å². The summed E-state index contributed by atoms with van der Waals surface area (Å²) in [6.07, 6.45) is 1.67. The summed E-state index contributed by atoms with van der Waals surface area (Å²) >= 11 is 0. The molecule has 9 heteroatoms. The van der Waals surface area contributed by atoms with Crippen LogP contribution in [0, 0.1) is 52.8 Å². The molecule has 0 amide bonds. The third-order valence-corrected chi connectivity index (χ3v) is 14.0. The lowest BCUT2D eigenvalue weighted by atomic mass is 9.51. The average Bonchev–Trinajstić information content (AvgIpc) is 3.33. The number of ether oxygens (including phenoxy) is 2. The van der Waals surface area contributed by atoms with Crippen molar-refractivity contribution < 1.29 is 39.8 Å². The van der Waals surface area contributed by atoms with Crippen LogP contribution in [0.4, 0.5) is 0 Å². The molecule has 7 rings (SSSR count). The van der Waals surface area contributed by atoms with E-state index in [4.69, 9.17) is 9.47 Å². The van der Waals surface area contributed by atoms with Crippen LogP contribution in [-0.2, 0) is 14.3 Å². The molecular formula is C33H53NO8. The number of hydrogen-bond donors (Lipinski definition) is 5. The summed E-state index contributed by atoms with van der Waals surface area (Å²) in [7, 11) is 0. The van der Waals surface area contributed by atoms with Gasteiger partial charge in [-0.1, -0.05) is 13.8 Å². The van der Waals surface area contributed by atoms with Crippen molar-refractivity contribution >= 4 is 5.78 Å². The average molecular weight is 592 g/mol. The molecule has 17 atom stereocenters. The molecule has 0 aromatic heterocycles.